The third kappa shape index (κ3) is 4.95. The van der Waals surface area contributed by atoms with Crippen molar-refractivity contribution < 1.29 is 9.53 Å². The van der Waals surface area contributed by atoms with Crippen molar-refractivity contribution >= 4 is 5.91 Å². The number of nitrogens with zero attached hydrogens (tertiary/aromatic N) is 1. The number of hydrogen-bond donors (Lipinski definition) is 1. The number of benzene rings is 3. The van der Waals surface area contributed by atoms with Crippen molar-refractivity contribution in [2.45, 2.75) is 31.6 Å². The molecule has 1 aliphatic rings. The number of para-hydroxylation sites is 1. The van der Waals surface area contributed by atoms with Gasteiger partial charge in [-0.2, -0.15) is 5.26 Å². The molecule has 2 atom stereocenters. The topological polar surface area (TPSA) is 62.1 Å². The molecule has 2 unspecified atom stereocenters. The first kappa shape index (κ1) is 20.7. The molecule has 1 fully saturated rings. The molecule has 0 heterocycles. The quantitative estimate of drug-likeness (QED) is 0.503. The zero-order valence-corrected chi connectivity index (χ0v) is 17.5. The smallest absolute Gasteiger partial charge is 0.224 e. The summed E-state index contributed by atoms with van der Waals surface area (Å²) in [6.45, 7) is 0.0621. The standard InChI is InChI=1S/C27H26N2O2/c28-18-19-29-27(30)26-13-7-6-12-25(26)24-11-5-4-10-23(24)20-14-16-22(17-15-20)31-21-8-2-1-3-9-21/h1-5,8-11,14-17,25-26H,6-7,12-13,19H2,(H,29,30). The molecule has 0 aromatic heterocycles. The number of rotatable bonds is 6. The van der Waals surface area contributed by atoms with E-state index in [1.165, 1.54) is 5.56 Å². The van der Waals surface area contributed by atoms with Crippen molar-refractivity contribution in [1.82, 2.24) is 5.32 Å². The van der Waals surface area contributed by atoms with Gasteiger partial charge in [-0.25, -0.2) is 0 Å². The van der Waals surface area contributed by atoms with Gasteiger partial charge in [0.15, 0.2) is 0 Å². The predicted molar refractivity (Wildman–Crippen MR) is 122 cm³/mol. The SMILES string of the molecule is N#CCNC(=O)C1CCCCC1c1ccccc1-c1ccc(Oc2ccccc2)cc1. The van der Waals surface area contributed by atoms with Gasteiger partial charge in [-0.1, -0.05) is 67.4 Å². The van der Waals surface area contributed by atoms with Crippen molar-refractivity contribution in [3.05, 3.63) is 84.4 Å². The van der Waals surface area contributed by atoms with E-state index in [1.54, 1.807) is 0 Å². The van der Waals surface area contributed by atoms with Gasteiger partial charge < -0.3 is 10.1 Å². The highest BCUT2D eigenvalue weighted by atomic mass is 16.5. The van der Waals surface area contributed by atoms with Crippen LogP contribution >= 0.6 is 0 Å². The Morgan fingerprint density at radius 2 is 1.58 bits per heavy atom. The summed E-state index contributed by atoms with van der Waals surface area (Å²) in [4.78, 5) is 12.7. The summed E-state index contributed by atoms with van der Waals surface area (Å²) in [5.74, 6) is 1.66. The predicted octanol–water partition coefficient (Wildman–Crippen LogP) is 6.06. The first-order chi connectivity index (χ1) is 15.3. The van der Waals surface area contributed by atoms with Crippen LogP contribution in [0.15, 0.2) is 78.9 Å². The molecule has 0 aliphatic heterocycles. The lowest BCUT2D eigenvalue weighted by Gasteiger charge is -2.32. The van der Waals surface area contributed by atoms with Crippen LogP contribution in [0.2, 0.25) is 0 Å². The highest BCUT2D eigenvalue weighted by Gasteiger charge is 2.33. The summed E-state index contributed by atoms with van der Waals surface area (Å²) in [7, 11) is 0. The molecule has 3 aromatic carbocycles. The monoisotopic (exact) mass is 410 g/mol. The molecular formula is C27H26N2O2. The van der Waals surface area contributed by atoms with Crippen LogP contribution in [0.4, 0.5) is 0 Å². The molecule has 0 saturated heterocycles. The van der Waals surface area contributed by atoms with Crippen LogP contribution in [0.5, 0.6) is 11.5 Å². The Balaban J connectivity index is 1.59. The Morgan fingerprint density at radius 1 is 0.903 bits per heavy atom. The number of ether oxygens (including phenoxy) is 1. The lowest BCUT2D eigenvalue weighted by Crippen LogP contribution is -2.36. The van der Waals surface area contributed by atoms with Gasteiger partial charge in [0.1, 0.15) is 18.0 Å². The van der Waals surface area contributed by atoms with E-state index in [4.69, 9.17) is 10.00 Å². The molecule has 156 valence electrons. The van der Waals surface area contributed by atoms with Gasteiger partial charge in [0.05, 0.1) is 6.07 Å². The first-order valence-corrected chi connectivity index (χ1v) is 10.8. The summed E-state index contributed by atoms with van der Waals surface area (Å²) in [6.07, 6.45) is 4.01. The van der Waals surface area contributed by atoms with Crippen molar-refractivity contribution in [1.29, 1.82) is 5.26 Å². The molecule has 4 heteroatoms. The molecule has 0 radical (unpaired) electrons. The number of carbonyl (C=O) groups is 1. The van der Waals surface area contributed by atoms with E-state index in [0.29, 0.717) is 0 Å². The number of hydrogen-bond acceptors (Lipinski definition) is 3. The molecule has 1 saturated carbocycles. The van der Waals surface area contributed by atoms with Crippen LogP contribution in [0.25, 0.3) is 11.1 Å². The summed E-state index contributed by atoms with van der Waals surface area (Å²) < 4.78 is 5.92. The molecule has 4 nitrogen and oxygen atoms in total. The Labute approximate surface area is 183 Å². The lowest BCUT2D eigenvalue weighted by molar-refractivity contribution is -0.126. The maximum Gasteiger partial charge on any atom is 0.224 e. The second kappa shape index (κ2) is 9.95. The Morgan fingerprint density at radius 3 is 2.35 bits per heavy atom. The third-order valence-electron chi connectivity index (χ3n) is 5.95. The fraction of sp³-hybridized carbons (Fsp3) is 0.259. The lowest BCUT2D eigenvalue weighted by atomic mass is 9.73. The van der Waals surface area contributed by atoms with Gasteiger partial charge >= 0.3 is 0 Å². The average molecular weight is 411 g/mol. The number of amides is 1. The molecule has 1 amide bonds. The van der Waals surface area contributed by atoms with Crippen LogP contribution < -0.4 is 10.1 Å². The van der Waals surface area contributed by atoms with E-state index in [9.17, 15) is 4.79 Å². The van der Waals surface area contributed by atoms with E-state index in [1.807, 2.05) is 60.7 Å². The second-order valence-electron chi connectivity index (χ2n) is 7.90. The third-order valence-corrected chi connectivity index (χ3v) is 5.95. The maximum absolute atomic E-state index is 12.7. The molecule has 3 aromatic rings. The van der Waals surface area contributed by atoms with Crippen LogP contribution in [0, 0.1) is 17.2 Å². The number of carbonyl (C=O) groups excluding carboxylic acids is 1. The van der Waals surface area contributed by atoms with Crippen LogP contribution in [0.1, 0.15) is 37.2 Å². The second-order valence-corrected chi connectivity index (χ2v) is 7.90. The molecule has 4 rings (SSSR count). The van der Waals surface area contributed by atoms with E-state index < -0.39 is 0 Å². The summed E-state index contributed by atoms with van der Waals surface area (Å²) in [6, 6.07) is 28.2. The highest BCUT2D eigenvalue weighted by Crippen LogP contribution is 2.42. The Hall–Kier alpha value is -3.58. The van der Waals surface area contributed by atoms with Gasteiger partial charge in [-0.15, -0.1) is 0 Å². The van der Waals surface area contributed by atoms with Gasteiger partial charge in [0, 0.05) is 5.92 Å². The molecule has 1 N–H and O–H groups in total. The molecule has 31 heavy (non-hydrogen) atoms. The minimum Gasteiger partial charge on any atom is -0.457 e. The number of nitriles is 1. The summed E-state index contributed by atoms with van der Waals surface area (Å²) in [5, 5.41) is 11.6. The normalized spacial score (nSPS) is 18.0. The largest absolute Gasteiger partial charge is 0.457 e. The summed E-state index contributed by atoms with van der Waals surface area (Å²) >= 11 is 0. The molecular weight excluding hydrogens is 384 g/mol. The van der Waals surface area contributed by atoms with Gasteiger partial charge in [-0.3, -0.25) is 4.79 Å². The van der Waals surface area contributed by atoms with Gasteiger partial charge in [-0.05, 0) is 59.7 Å². The minimum atomic E-state index is -0.0936. The van der Waals surface area contributed by atoms with Crippen LogP contribution in [0.3, 0.4) is 0 Å². The fourth-order valence-electron chi connectivity index (χ4n) is 4.49. The van der Waals surface area contributed by atoms with E-state index in [-0.39, 0.29) is 24.3 Å². The Kier molecular flexibility index (Phi) is 6.64. The molecule has 1 aliphatic carbocycles. The van der Waals surface area contributed by atoms with E-state index in [2.05, 4.69) is 29.6 Å². The van der Waals surface area contributed by atoms with Crippen molar-refractivity contribution in [3.8, 4) is 28.7 Å². The van der Waals surface area contributed by atoms with Crippen LogP contribution in [-0.2, 0) is 4.79 Å². The fourth-order valence-corrected chi connectivity index (χ4v) is 4.49. The first-order valence-electron chi connectivity index (χ1n) is 10.8. The van der Waals surface area contributed by atoms with Crippen molar-refractivity contribution in [2.75, 3.05) is 6.54 Å². The van der Waals surface area contributed by atoms with E-state index >= 15 is 0 Å². The summed E-state index contributed by atoms with van der Waals surface area (Å²) in [5.41, 5.74) is 3.47. The van der Waals surface area contributed by atoms with Gasteiger partial charge in [0.2, 0.25) is 5.91 Å². The van der Waals surface area contributed by atoms with E-state index in [0.717, 1.165) is 48.3 Å². The average Bonchev–Trinajstić information content (AvgIpc) is 2.84. The highest BCUT2D eigenvalue weighted by molar-refractivity contribution is 5.81. The van der Waals surface area contributed by atoms with Crippen LogP contribution in [-0.4, -0.2) is 12.5 Å². The zero-order chi connectivity index (χ0) is 21.5. The maximum atomic E-state index is 12.7. The minimum absolute atomic E-state index is 0.00679. The Bertz CT molecular complexity index is 1050. The van der Waals surface area contributed by atoms with Crippen molar-refractivity contribution in [3.63, 3.8) is 0 Å². The molecule has 0 spiro atoms. The molecule has 0 bridgehead atoms. The number of nitrogens with one attached hydrogen (secondary N) is 1. The van der Waals surface area contributed by atoms with Crippen molar-refractivity contribution in [2.24, 2.45) is 5.92 Å². The zero-order valence-electron chi connectivity index (χ0n) is 17.5. The van der Waals surface area contributed by atoms with Gasteiger partial charge in [0.25, 0.3) is 0 Å².